The van der Waals surface area contributed by atoms with E-state index in [-0.39, 0.29) is 5.91 Å². The van der Waals surface area contributed by atoms with Crippen LogP contribution in [0, 0.1) is 11.8 Å². The molecule has 0 fully saturated rings. The van der Waals surface area contributed by atoms with E-state index < -0.39 is 0 Å². The molecule has 5 nitrogen and oxygen atoms in total. The Kier molecular flexibility index (Phi) is 4.53. The molecule has 1 amide bonds. The molecule has 3 N–H and O–H groups in total. The average molecular weight is 268 g/mol. The van der Waals surface area contributed by atoms with Crippen molar-refractivity contribution in [3.05, 3.63) is 53.3 Å². The maximum absolute atomic E-state index is 12.3. The van der Waals surface area contributed by atoms with Gasteiger partial charge in [0.05, 0.1) is 12.7 Å². The topological polar surface area (TPSA) is 75.0 Å². The molecule has 0 saturated carbocycles. The molecule has 102 valence electrons. The van der Waals surface area contributed by atoms with Crippen molar-refractivity contribution < 1.29 is 4.79 Å². The van der Waals surface area contributed by atoms with Gasteiger partial charge in [0.15, 0.2) is 0 Å². The van der Waals surface area contributed by atoms with Crippen molar-refractivity contribution in [1.29, 1.82) is 0 Å². The summed E-state index contributed by atoms with van der Waals surface area (Å²) in [6, 6.07) is 7.23. The molecular formula is C15H16N4O. The molecule has 0 atom stereocenters. The van der Waals surface area contributed by atoms with Crippen molar-refractivity contribution >= 4 is 5.91 Å². The second kappa shape index (κ2) is 6.55. The average Bonchev–Trinajstić information content (AvgIpc) is 2.97. The second-order valence-electron chi connectivity index (χ2n) is 4.35. The summed E-state index contributed by atoms with van der Waals surface area (Å²) >= 11 is 0. The second-order valence-corrected chi connectivity index (χ2v) is 4.35. The third-order valence-electron chi connectivity index (χ3n) is 2.77. The van der Waals surface area contributed by atoms with E-state index in [2.05, 4.69) is 22.0 Å². The summed E-state index contributed by atoms with van der Waals surface area (Å²) in [5.74, 6) is 5.65. The lowest BCUT2D eigenvalue weighted by atomic mass is 10.1. The van der Waals surface area contributed by atoms with E-state index in [0.717, 1.165) is 11.1 Å². The Morgan fingerprint density at radius 2 is 2.35 bits per heavy atom. The Bertz CT molecular complexity index is 637. The smallest absolute Gasteiger partial charge is 0.253 e. The highest BCUT2D eigenvalue weighted by molar-refractivity contribution is 5.94. The number of carbonyl (C=O) groups is 1. The predicted molar refractivity (Wildman–Crippen MR) is 76.8 cm³/mol. The van der Waals surface area contributed by atoms with E-state index in [9.17, 15) is 4.79 Å². The van der Waals surface area contributed by atoms with Crippen molar-refractivity contribution in [2.75, 3.05) is 13.6 Å². The summed E-state index contributed by atoms with van der Waals surface area (Å²) in [7, 11) is 1.76. The Hall–Kier alpha value is -2.58. The van der Waals surface area contributed by atoms with Crippen LogP contribution in [-0.4, -0.2) is 34.6 Å². The summed E-state index contributed by atoms with van der Waals surface area (Å²) in [6.45, 7) is 0.812. The number of rotatable bonds is 3. The van der Waals surface area contributed by atoms with Crippen molar-refractivity contribution in [3.8, 4) is 11.8 Å². The first kappa shape index (κ1) is 13.8. The molecule has 0 saturated heterocycles. The molecule has 5 heteroatoms. The summed E-state index contributed by atoms with van der Waals surface area (Å²) in [6.07, 6.45) is 3.47. The third kappa shape index (κ3) is 3.46. The van der Waals surface area contributed by atoms with Gasteiger partial charge in [-0.2, -0.15) is 5.10 Å². The number of carbonyl (C=O) groups excluding carboxylic acids is 1. The minimum Gasteiger partial charge on any atom is -0.337 e. The van der Waals surface area contributed by atoms with Gasteiger partial charge < -0.3 is 10.6 Å². The van der Waals surface area contributed by atoms with E-state index in [1.807, 2.05) is 12.1 Å². The van der Waals surface area contributed by atoms with Gasteiger partial charge >= 0.3 is 0 Å². The number of nitrogens with zero attached hydrogens (tertiary/aromatic N) is 2. The van der Waals surface area contributed by atoms with Gasteiger partial charge in [0, 0.05) is 36.5 Å². The molecule has 1 aromatic carbocycles. The molecular weight excluding hydrogens is 252 g/mol. The number of nitrogens with one attached hydrogen (secondary N) is 1. The highest BCUT2D eigenvalue weighted by Gasteiger charge is 2.12. The van der Waals surface area contributed by atoms with Gasteiger partial charge in [-0.1, -0.05) is 17.9 Å². The number of H-pyrrole nitrogens is 1. The molecule has 20 heavy (non-hydrogen) atoms. The maximum Gasteiger partial charge on any atom is 0.253 e. The van der Waals surface area contributed by atoms with E-state index in [1.54, 1.807) is 36.5 Å². The molecule has 2 aromatic rings. The fraction of sp³-hybridized carbons (Fsp3) is 0.200. The zero-order valence-corrected chi connectivity index (χ0v) is 11.3. The highest BCUT2D eigenvalue weighted by Crippen LogP contribution is 2.09. The number of aromatic nitrogens is 2. The number of amides is 1. The van der Waals surface area contributed by atoms with Gasteiger partial charge in [-0.05, 0) is 18.2 Å². The van der Waals surface area contributed by atoms with Crippen LogP contribution in [0.2, 0.25) is 0 Å². The van der Waals surface area contributed by atoms with Crippen LogP contribution in [0.3, 0.4) is 0 Å². The van der Waals surface area contributed by atoms with Gasteiger partial charge in [-0.25, -0.2) is 0 Å². The predicted octanol–water partition coefficient (Wildman–Crippen LogP) is 0.992. The lowest BCUT2D eigenvalue weighted by Gasteiger charge is -2.16. The maximum atomic E-state index is 12.3. The summed E-state index contributed by atoms with van der Waals surface area (Å²) in [4.78, 5) is 14.0. The minimum atomic E-state index is -0.0531. The van der Waals surface area contributed by atoms with Crippen LogP contribution in [0.15, 0.2) is 36.7 Å². The summed E-state index contributed by atoms with van der Waals surface area (Å²) in [5, 5.41) is 6.59. The van der Waals surface area contributed by atoms with Crippen molar-refractivity contribution in [1.82, 2.24) is 15.1 Å². The van der Waals surface area contributed by atoms with Gasteiger partial charge in [0.2, 0.25) is 0 Å². The van der Waals surface area contributed by atoms with Gasteiger partial charge in [-0.15, -0.1) is 0 Å². The lowest BCUT2D eigenvalue weighted by Crippen LogP contribution is -2.26. The molecule has 0 aliphatic rings. The van der Waals surface area contributed by atoms with Crippen LogP contribution >= 0.6 is 0 Å². The first-order chi connectivity index (χ1) is 9.70. The molecule has 1 aromatic heterocycles. The van der Waals surface area contributed by atoms with Gasteiger partial charge in [-0.3, -0.25) is 9.89 Å². The summed E-state index contributed by atoms with van der Waals surface area (Å²) < 4.78 is 0. The van der Waals surface area contributed by atoms with Crippen LogP contribution in [0.5, 0.6) is 0 Å². The number of hydrogen-bond donors (Lipinski definition) is 2. The summed E-state index contributed by atoms with van der Waals surface area (Å²) in [5.41, 5.74) is 7.70. The number of hydrogen-bond acceptors (Lipinski definition) is 3. The Balaban J connectivity index is 2.12. The molecule has 1 heterocycles. The fourth-order valence-corrected chi connectivity index (χ4v) is 1.81. The number of aromatic amines is 1. The molecule has 0 radical (unpaired) electrons. The van der Waals surface area contributed by atoms with Crippen LogP contribution in [0.1, 0.15) is 21.5 Å². The van der Waals surface area contributed by atoms with E-state index in [4.69, 9.17) is 5.73 Å². The minimum absolute atomic E-state index is 0.0531. The molecule has 0 spiro atoms. The van der Waals surface area contributed by atoms with Crippen LogP contribution < -0.4 is 5.73 Å². The Morgan fingerprint density at radius 3 is 3.05 bits per heavy atom. The van der Waals surface area contributed by atoms with Gasteiger partial charge in [0.25, 0.3) is 5.91 Å². The SMILES string of the molecule is CN(Cc1cn[nH]c1)C(=O)c1cccc(C#CCN)c1. The van der Waals surface area contributed by atoms with Crippen molar-refractivity contribution in [2.45, 2.75) is 6.54 Å². The molecule has 0 aliphatic heterocycles. The standard InChI is InChI=1S/C15H16N4O/c1-19(11-13-9-17-18-10-13)15(20)14-6-2-4-12(8-14)5-3-7-16/h2,4,6,8-10H,7,11,16H2,1H3,(H,17,18). The molecule has 0 aliphatic carbocycles. The Labute approximate surface area is 117 Å². The number of benzene rings is 1. The number of nitrogens with two attached hydrogens (primary N) is 1. The zero-order valence-electron chi connectivity index (χ0n) is 11.3. The van der Waals surface area contributed by atoms with E-state index in [0.29, 0.717) is 18.7 Å². The molecule has 0 unspecified atom stereocenters. The van der Waals surface area contributed by atoms with Crippen molar-refractivity contribution in [3.63, 3.8) is 0 Å². The van der Waals surface area contributed by atoms with Gasteiger partial charge in [0.1, 0.15) is 0 Å². The van der Waals surface area contributed by atoms with Crippen LogP contribution in [0.4, 0.5) is 0 Å². The monoisotopic (exact) mass is 268 g/mol. The first-order valence-electron chi connectivity index (χ1n) is 6.23. The third-order valence-corrected chi connectivity index (χ3v) is 2.77. The van der Waals surface area contributed by atoms with E-state index in [1.165, 1.54) is 0 Å². The zero-order chi connectivity index (χ0) is 14.4. The Morgan fingerprint density at radius 1 is 1.50 bits per heavy atom. The quantitative estimate of drug-likeness (QED) is 0.815. The first-order valence-corrected chi connectivity index (χ1v) is 6.23. The molecule has 0 bridgehead atoms. The molecule has 2 rings (SSSR count). The van der Waals surface area contributed by atoms with Crippen molar-refractivity contribution in [2.24, 2.45) is 5.73 Å². The normalized spacial score (nSPS) is 9.70. The largest absolute Gasteiger partial charge is 0.337 e. The van der Waals surface area contributed by atoms with Crippen LogP contribution in [0.25, 0.3) is 0 Å². The van der Waals surface area contributed by atoms with Crippen LogP contribution in [-0.2, 0) is 6.54 Å². The lowest BCUT2D eigenvalue weighted by molar-refractivity contribution is 0.0785. The van der Waals surface area contributed by atoms with E-state index >= 15 is 0 Å². The fourth-order valence-electron chi connectivity index (χ4n) is 1.81. The highest BCUT2D eigenvalue weighted by atomic mass is 16.2.